The summed E-state index contributed by atoms with van der Waals surface area (Å²) in [5.41, 5.74) is 4.22. The number of carbonyl (C=O) groups is 1. The molecule has 1 saturated heterocycles. The molecule has 182 valence electrons. The highest BCUT2D eigenvalue weighted by molar-refractivity contribution is 7.08. The lowest BCUT2D eigenvalue weighted by Crippen LogP contribution is -2.50. The lowest BCUT2D eigenvalue weighted by atomic mass is 9.72. The van der Waals surface area contributed by atoms with E-state index in [0.29, 0.717) is 5.56 Å². The van der Waals surface area contributed by atoms with Gasteiger partial charge in [-0.25, -0.2) is 0 Å². The Kier molecular flexibility index (Phi) is 7.04. The number of carbonyl (C=O) groups excluding carboxylic acids is 1. The van der Waals surface area contributed by atoms with Crippen molar-refractivity contribution in [1.29, 1.82) is 0 Å². The Morgan fingerprint density at radius 3 is 2.63 bits per heavy atom. The SMILES string of the molecule is COc1ccccc1/C=C/CN1CCC2(CC1)c1ccccc1[C@@H](NC(=O)c1ccsc1)[C@@H]2OC. The van der Waals surface area contributed by atoms with Crippen LogP contribution in [0.15, 0.2) is 71.4 Å². The van der Waals surface area contributed by atoms with E-state index >= 15 is 0 Å². The number of methoxy groups -OCH3 is 2. The van der Waals surface area contributed by atoms with Crippen molar-refractivity contribution in [2.45, 2.75) is 30.4 Å². The lowest BCUT2D eigenvalue weighted by molar-refractivity contribution is -0.00973. The zero-order valence-corrected chi connectivity index (χ0v) is 21.1. The second-order valence-corrected chi connectivity index (χ2v) is 10.1. The number of rotatable bonds is 7. The number of para-hydroxylation sites is 1. The Labute approximate surface area is 211 Å². The minimum Gasteiger partial charge on any atom is -0.496 e. The largest absolute Gasteiger partial charge is 0.496 e. The van der Waals surface area contributed by atoms with Gasteiger partial charge in [0.25, 0.3) is 5.91 Å². The molecule has 5 nitrogen and oxygen atoms in total. The average molecular weight is 489 g/mol. The van der Waals surface area contributed by atoms with Crippen LogP contribution in [0.3, 0.4) is 0 Å². The molecule has 3 aromatic rings. The molecule has 6 heteroatoms. The maximum atomic E-state index is 13.0. The third-order valence-corrected chi connectivity index (χ3v) is 8.23. The number of benzene rings is 2. The Morgan fingerprint density at radius 2 is 1.89 bits per heavy atom. The number of nitrogens with one attached hydrogen (secondary N) is 1. The van der Waals surface area contributed by atoms with E-state index in [4.69, 9.17) is 9.47 Å². The Balaban J connectivity index is 1.31. The number of hydrogen-bond acceptors (Lipinski definition) is 5. The summed E-state index contributed by atoms with van der Waals surface area (Å²) in [6, 6.07) is 18.3. The molecule has 5 rings (SSSR count). The van der Waals surface area contributed by atoms with Crippen LogP contribution in [0.4, 0.5) is 0 Å². The fourth-order valence-corrected chi connectivity index (χ4v) is 6.45. The second kappa shape index (κ2) is 10.4. The molecule has 1 aromatic heterocycles. The molecule has 1 aliphatic heterocycles. The molecule has 0 unspecified atom stereocenters. The highest BCUT2D eigenvalue weighted by Crippen LogP contribution is 2.52. The standard InChI is InChI=1S/C29H32N2O3S/c1-33-25-12-6-3-8-21(25)9-7-16-31-17-14-29(15-18-31)24-11-5-4-10-23(24)26(27(29)34-2)30-28(32)22-13-19-35-20-22/h3-13,19-20,26-27H,14-18H2,1-2H3,(H,30,32)/b9-7+/t26-,27+/m1/s1. The highest BCUT2D eigenvalue weighted by Gasteiger charge is 2.53. The zero-order chi connectivity index (χ0) is 24.3. The van der Waals surface area contributed by atoms with Gasteiger partial charge in [0.05, 0.1) is 24.8 Å². The Hall–Kier alpha value is -2.93. The van der Waals surface area contributed by atoms with Crippen LogP contribution >= 0.6 is 11.3 Å². The van der Waals surface area contributed by atoms with Gasteiger partial charge >= 0.3 is 0 Å². The summed E-state index contributed by atoms with van der Waals surface area (Å²) in [6.07, 6.45) is 6.26. The monoisotopic (exact) mass is 488 g/mol. The van der Waals surface area contributed by atoms with Crippen LogP contribution in [0, 0.1) is 0 Å². The van der Waals surface area contributed by atoms with Crippen molar-refractivity contribution in [1.82, 2.24) is 10.2 Å². The van der Waals surface area contributed by atoms with E-state index in [1.54, 1.807) is 14.2 Å². The molecule has 0 radical (unpaired) electrons. The lowest BCUT2D eigenvalue weighted by Gasteiger charge is -2.44. The van der Waals surface area contributed by atoms with Crippen LogP contribution in [-0.2, 0) is 10.2 Å². The first-order valence-electron chi connectivity index (χ1n) is 12.1. The van der Waals surface area contributed by atoms with Crippen molar-refractivity contribution in [2.75, 3.05) is 33.9 Å². The molecule has 1 N–H and O–H groups in total. The predicted octanol–water partition coefficient (Wildman–Crippen LogP) is 5.30. The molecule has 2 aromatic carbocycles. The number of ether oxygens (including phenoxy) is 2. The van der Waals surface area contributed by atoms with Crippen LogP contribution in [0.1, 0.15) is 45.9 Å². The van der Waals surface area contributed by atoms with Gasteiger partial charge in [-0.1, -0.05) is 54.6 Å². The molecule has 0 bridgehead atoms. The molecule has 1 amide bonds. The summed E-state index contributed by atoms with van der Waals surface area (Å²) in [4.78, 5) is 15.4. The first kappa shape index (κ1) is 23.8. The van der Waals surface area contributed by atoms with Crippen molar-refractivity contribution in [3.8, 4) is 5.75 Å². The number of fused-ring (bicyclic) bond motifs is 2. The van der Waals surface area contributed by atoms with E-state index in [9.17, 15) is 4.79 Å². The molecule has 0 saturated carbocycles. The summed E-state index contributed by atoms with van der Waals surface area (Å²) >= 11 is 1.54. The Bertz CT molecular complexity index is 1180. The fraction of sp³-hybridized carbons (Fsp3) is 0.345. The van der Waals surface area contributed by atoms with E-state index in [-0.39, 0.29) is 23.5 Å². The van der Waals surface area contributed by atoms with Crippen LogP contribution in [0.2, 0.25) is 0 Å². The van der Waals surface area contributed by atoms with Gasteiger partial charge in [-0.2, -0.15) is 11.3 Å². The molecule has 1 aliphatic carbocycles. The summed E-state index contributed by atoms with van der Waals surface area (Å²) in [5.74, 6) is 0.853. The molecule has 2 atom stereocenters. The van der Waals surface area contributed by atoms with Gasteiger partial charge in [0.2, 0.25) is 0 Å². The number of likely N-dealkylation sites (tertiary alicyclic amines) is 1. The predicted molar refractivity (Wildman–Crippen MR) is 141 cm³/mol. The molecule has 1 fully saturated rings. The Morgan fingerprint density at radius 1 is 1.11 bits per heavy atom. The quantitative estimate of drug-likeness (QED) is 0.490. The van der Waals surface area contributed by atoms with Gasteiger partial charge in [-0.15, -0.1) is 0 Å². The molecule has 2 aliphatic rings. The maximum Gasteiger partial charge on any atom is 0.252 e. The van der Waals surface area contributed by atoms with Crippen molar-refractivity contribution in [2.24, 2.45) is 0 Å². The van der Waals surface area contributed by atoms with E-state index in [2.05, 4.69) is 52.7 Å². The smallest absolute Gasteiger partial charge is 0.252 e. The van der Waals surface area contributed by atoms with Gasteiger partial charge < -0.3 is 14.8 Å². The minimum absolute atomic E-state index is 0.0379. The summed E-state index contributed by atoms with van der Waals surface area (Å²) in [5, 5.41) is 7.12. The first-order chi connectivity index (χ1) is 17.2. The van der Waals surface area contributed by atoms with E-state index in [0.717, 1.165) is 43.8 Å². The van der Waals surface area contributed by atoms with Gasteiger partial charge in [-0.3, -0.25) is 9.69 Å². The normalized spacial score (nSPS) is 21.3. The summed E-state index contributed by atoms with van der Waals surface area (Å²) < 4.78 is 11.6. The maximum absolute atomic E-state index is 13.0. The molecule has 2 heterocycles. The molecule has 35 heavy (non-hydrogen) atoms. The second-order valence-electron chi connectivity index (χ2n) is 9.31. The van der Waals surface area contributed by atoms with Gasteiger partial charge in [-0.05, 0) is 54.6 Å². The van der Waals surface area contributed by atoms with Crippen molar-refractivity contribution >= 4 is 23.3 Å². The highest BCUT2D eigenvalue weighted by atomic mass is 32.1. The van der Waals surface area contributed by atoms with Crippen LogP contribution in [0.5, 0.6) is 5.75 Å². The van der Waals surface area contributed by atoms with Gasteiger partial charge in [0.15, 0.2) is 0 Å². The van der Waals surface area contributed by atoms with E-state index in [1.807, 2.05) is 35.0 Å². The number of hydrogen-bond donors (Lipinski definition) is 1. The summed E-state index contributed by atoms with van der Waals surface area (Å²) in [7, 11) is 3.49. The first-order valence-corrected chi connectivity index (χ1v) is 13.1. The number of thiophene rings is 1. The van der Waals surface area contributed by atoms with Crippen molar-refractivity contribution in [3.05, 3.63) is 93.7 Å². The van der Waals surface area contributed by atoms with E-state index in [1.165, 1.54) is 22.5 Å². The minimum atomic E-state index is -0.152. The number of amides is 1. The molecular formula is C29H32N2O3S. The number of piperidine rings is 1. The van der Waals surface area contributed by atoms with E-state index < -0.39 is 0 Å². The van der Waals surface area contributed by atoms with Crippen LogP contribution < -0.4 is 10.1 Å². The summed E-state index contributed by atoms with van der Waals surface area (Å²) in [6.45, 7) is 2.86. The average Bonchev–Trinajstić information content (AvgIpc) is 3.52. The zero-order valence-electron chi connectivity index (χ0n) is 20.3. The van der Waals surface area contributed by atoms with Crippen LogP contribution in [-0.4, -0.2) is 50.8 Å². The number of nitrogens with zero attached hydrogens (tertiary/aromatic N) is 1. The third-order valence-electron chi connectivity index (χ3n) is 7.55. The van der Waals surface area contributed by atoms with Crippen molar-refractivity contribution < 1.29 is 14.3 Å². The molecule has 1 spiro atoms. The van der Waals surface area contributed by atoms with Gasteiger partial charge in [0, 0.05) is 30.0 Å². The fourth-order valence-electron chi connectivity index (χ4n) is 5.81. The van der Waals surface area contributed by atoms with Crippen molar-refractivity contribution in [3.63, 3.8) is 0 Å². The molecular weight excluding hydrogens is 456 g/mol. The van der Waals surface area contributed by atoms with Gasteiger partial charge in [0.1, 0.15) is 5.75 Å². The topological polar surface area (TPSA) is 50.8 Å². The van der Waals surface area contributed by atoms with Crippen LogP contribution in [0.25, 0.3) is 6.08 Å². The third kappa shape index (κ3) is 4.54.